The van der Waals surface area contributed by atoms with E-state index in [2.05, 4.69) is 0 Å². The second kappa shape index (κ2) is 6.66. The number of carbonyl (C=O) groups is 2. The van der Waals surface area contributed by atoms with Gasteiger partial charge in [0, 0.05) is 12.0 Å². The highest BCUT2D eigenvalue weighted by Crippen LogP contribution is 2.21. The lowest BCUT2D eigenvalue weighted by Crippen LogP contribution is -2.37. The van der Waals surface area contributed by atoms with E-state index in [9.17, 15) is 18.0 Å². The molecule has 22 heavy (non-hydrogen) atoms. The molecule has 0 radical (unpaired) electrons. The Hall–Kier alpha value is -2.27. The second-order valence-electron chi connectivity index (χ2n) is 4.79. The van der Waals surface area contributed by atoms with Crippen molar-refractivity contribution in [3.63, 3.8) is 0 Å². The summed E-state index contributed by atoms with van der Waals surface area (Å²) in [5.41, 5.74) is 0.216. The summed E-state index contributed by atoms with van der Waals surface area (Å²) in [7, 11) is -4.06. The predicted molar refractivity (Wildman–Crippen MR) is 83.5 cm³/mol. The molecule has 114 valence electrons. The van der Waals surface area contributed by atoms with Crippen LogP contribution in [0.15, 0.2) is 65.6 Å². The molecule has 1 atom stereocenters. The molecule has 0 aliphatic rings. The van der Waals surface area contributed by atoms with E-state index in [1.807, 2.05) is 0 Å². The van der Waals surface area contributed by atoms with Crippen molar-refractivity contribution < 1.29 is 18.0 Å². The average molecular weight is 316 g/mol. The van der Waals surface area contributed by atoms with E-state index >= 15 is 0 Å². The summed E-state index contributed by atoms with van der Waals surface area (Å²) >= 11 is 0. The Bertz CT molecular complexity index is 765. The quantitative estimate of drug-likeness (QED) is 0.607. The zero-order valence-corrected chi connectivity index (χ0v) is 12.9. The molecule has 1 unspecified atom stereocenters. The van der Waals surface area contributed by atoms with Gasteiger partial charge in [-0.05, 0) is 12.1 Å². The molecule has 2 aromatic carbocycles. The Morgan fingerprint density at radius 1 is 0.909 bits per heavy atom. The highest BCUT2D eigenvalue weighted by Gasteiger charge is 2.39. The topological polar surface area (TPSA) is 68.3 Å². The molecule has 0 heterocycles. The monoisotopic (exact) mass is 316 g/mol. The van der Waals surface area contributed by atoms with Gasteiger partial charge in [-0.1, -0.05) is 55.5 Å². The van der Waals surface area contributed by atoms with E-state index < -0.39 is 26.7 Å². The van der Waals surface area contributed by atoms with Gasteiger partial charge in [0.1, 0.15) is 0 Å². The summed E-state index contributed by atoms with van der Waals surface area (Å²) in [4.78, 5) is 24.7. The fourth-order valence-electron chi connectivity index (χ4n) is 2.15. The third kappa shape index (κ3) is 3.14. The molecule has 2 rings (SSSR count). The maximum atomic E-state index is 12.7. The molecule has 0 amide bonds. The van der Waals surface area contributed by atoms with Gasteiger partial charge >= 0.3 is 0 Å². The normalized spacial score (nSPS) is 12.6. The Kier molecular flexibility index (Phi) is 4.88. The number of ketones is 2. The van der Waals surface area contributed by atoms with Crippen LogP contribution in [0, 0.1) is 0 Å². The first-order chi connectivity index (χ1) is 10.5. The number of benzene rings is 2. The lowest BCUT2D eigenvalue weighted by atomic mass is 10.0. The molecule has 0 aliphatic carbocycles. The summed E-state index contributed by atoms with van der Waals surface area (Å²) < 4.78 is 25.4. The molecule has 0 fully saturated rings. The van der Waals surface area contributed by atoms with Crippen molar-refractivity contribution in [3.05, 3.63) is 66.2 Å². The molecule has 2 aromatic rings. The van der Waals surface area contributed by atoms with Crippen LogP contribution in [0.5, 0.6) is 0 Å². The fraction of sp³-hybridized carbons (Fsp3) is 0.176. The molecule has 0 N–H and O–H groups in total. The number of hydrogen-bond acceptors (Lipinski definition) is 4. The van der Waals surface area contributed by atoms with Crippen LogP contribution in [-0.2, 0) is 14.6 Å². The average Bonchev–Trinajstić information content (AvgIpc) is 2.56. The minimum Gasteiger partial charge on any atom is -0.298 e. The first-order valence-electron chi connectivity index (χ1n) is 6.89. The van der Waals surface area contributed by atoms with Crippen LogP contribution in [0.1, 0.15) is 23.7 Å². The van der Waals surface area contributed by atoms with Crippen LogP contribution < -0.4 is 0 Å². The highest BCUT2D eigenvalue weighted by atomic mass is 32.2. The Morgan fingerprint density at radius 3 is 1.91 bits per heavy atom. The van der Waals surface area contributed by atoms with Crippen LogP contribution in [0.4, 0.5) is 0 Å². The number of rotatable bonds is 6. The fourth-order valence-corrected chi connectivity index (χ4v) is 3.88. The molecular weight excluding hydrogens is 300 g/mol. The van der Waals surface area contributed by atoms with Crippen molar-refractivity contribution in [3.8, 4) is 0 Å². The summed E-state index contributed by atoms with van der Waals surface area (Å²) in [6, 6.07) is 15.6. The zero-order valence-electron chi connectivity index (χ0n) is 12.1. The molecule has 0 aromatic heterocycles. The largest absolute Gasteiger partial charge is 0.298 e. The van der Waals surface area contributed by atoms with Gasteiger partial charge in [-0.25, -0.2) is 8.42 Å². The Balaban J connectivity index is 2.52. The van der Waals surface area contributed by atoms with E-state index in [1.165, 1.54) is 24.3 Å². The van der Waals surface area contributed by atoms with Crippen LogP contribution in [0.2, 0.25) is 0 Å². The lowest BCUT2D eigenvalue weighted by Gasteiger charge is -2.15. The first kappa shape index (κ1) is 16.1. The molecule has 5 heteroatoms. The van der Waals surface area contributed by atoms with Crippen molar-refractivity contribution in [2.75, 3.05) is 0 Å². The number of hydrogen-bond donors (Lipinski definition) is 0. The molecular formula is C17H16O4S. The van der Waals surface area contributed by atoms with Gasteiger partial charge in [-0.2, -0.15) is 0 Å². The zero-order chi connectivity index (χ0) is 16.2. The number of sulfone groups is 1. The van der Waals surface area contributed by atoms with Crippen LogP contribution in [0.3, 0.4) is 0 Å². The van der Waals surface area contributed by atoms with Crippen LogP contribution in [-0.4, -0.2) is 25.2 Å². The molecule has 0 aliphatic heterocycles. The van der Waals surface area contributed by atoms with E-state index in [1.54, 1.807) is 43.3 Å². The maximum absolute atomic E-state index is 12.7. The molecule has 0 saturated carbocycles. The van der Waals surface area contributed by atoms with Crippen molar-refractivity contribution in [2.45, 2.75) is 23.5 Å². The molecule has 0 bridgehead atoms. The van der Waals surface area contributed by atoms with Gasteiger partial charge in [0.05, 0.1) is 4.90 Å². The van der Waals surface area contributed by atoms with Gasteiger partial charge < -0.3 is 0 Å². The van der Waals surface area contributed by atoms with E-state index in [0.29, 0.717) is 0 Å². The highest BCUT2D eigenvalue weighted by molar-refractivity contribution is 7.93. The van der Waals surface area contributed by atoms with Gasteiger partial charge in [-0.3, -0.25) is 9.59 Å². The summed E-state index contributed by atoms with van der Waals surface area (Å²) in [6.45, 7) is 1.55. The van der Waals surface area contributed by atoms with Crippen molar-refractivity contribution >= 4 is 21.4 Å². The van der Waals surface area contributed by atoms with Crippen LogP contribution in [0.25, 0.3) is 0 Å². The van der Waals surface area contributed by atoms with Gasteiger partial charge in [0.15, 0.2) is 26.7 Å². The lowest BCUT2D eigenvalue weighted by molar-refractivity contribution is -0.117. The van der Waals surface area contributed by atoms with Gasteiger partial charge in [0.2, 0.25) is 0 Å². The third-order valence-electron chi connectivity index (χ3n) is 3.32. The first-order valence-corrected chi connectivity index (χ1v) is 8.44. The Morgan fingerprint density at radius 2 is 1.41 bits per heavy atom. The Labute approximate surface area is 129 Å². The molecule has 4 nitrogen and oxygen atoms in total. The summed E-state index contributed by atoms with van der Waals surface area (Å²) in [5, 5.41) is -1.69. The SMILES string of the molecule is CCC(=O)C(C(=O)c1ccccc1)S(=O)(=O)c1ccccc1. The van der Waals surface area contributed by atoms with Gasteiger partial charge in [-0.15, -0.1) is 0 Å². The standard InChI is InChI=1S/C17H16O4S/c1-2-15(18)17(16(19)13-9-5-3-6-10-13)22(20,21)14-11-7-4-8-12-14/h3-12,17H,2H2,1H3. The van der Waals surface area contributed by atoms with Crippen molar-refractivity contribution in [2.24, 2.45) is 0 Å². The smallest absolute Gasteiger partial charge is 0.195 e. The summed E-state index contributed by atoms with van der Waals surface area (Å²) in [5.74, 6) is -1.28. The van der Waals surface area contributed by atoms with Crippen molar-refractivity contribution in [1.29, 1.82) is 0 Å². The molecule has 0 saturated heterocycles. The summed E-state index contributed by atoms with van der Waals surface area (Å²) in [6.07, 6.45) is -0.0185. The van der Waals surface area contributed by atoms with Crippen molar-refractivity contribution in [1.82, 2.24) is 0 Å². The van der Waals surface area contributed by atoms with E-state index in [4.69, 9.17) is 0 Å². The van der Waals surface area contributed by atoms with Crippen LogP contribution >= 0.6 is 0 Å². The van der Waals surface area contributed by atoms with E-state index in [-0.39, 0.29) is 16.9 Å². The number of carbonyl (C=O) groups excluding carboxylic acids is 2. The third-order valence-corrected chi connectivity index (χ3v) is 5.35. The predicted octanol–water partition coefficient (Wildman–Crippen LogP) is 2.69. The molecule has 0 spiro atoms. The van der Waals surface area contributed by atoms with Gasteiger partial charge in [0.25, 0.3) is 0 Å². The minimum atomic E-state index is -4.06. The number of Topliss-reactive ketones (excluding diaryl/α,β-unsaturated/α-hetero) is 2. The minimum absolute atomic E-state index is 0.0185. The maximum Gasteiger partial charge on any atom is 0.195 e. The van der Waals surface area contributed by atoms with E-state index in [0.717, 1.165) is 0 Å². The second-order valence-corrected chi connectivity index (χ2v) is 6.82.